The minimum atomic E-state index is -0.167. The number of hydrogen-bond donors (Lipinski definition) is 2. The number of urea groups is 1. The highest BCUT2D eigenvalue weighted by Gasteiger charge is 2.23. The maximum absolute atomic E-state index is 12.2. The third kappa shape index (κ3) is 3.79. The first-order valence-electron chi connectivity index (χ1n) is 8.94. The maximum Gasteiger partial charge on any atom is 0.315 e. The molecule has 2 amide bonds. The van der Waals surface area contributed by atoms with Crippen molar-refractivity contribution in [2.75, 3.05) is 0 Å². The predicted octanol–water partition coefficient (Wildman–Crippen LogP) is 3.40. The second-order valence-electron chi connectivity index (χ2n) is 6.60. The summed E-state index contributed by atoms with van der Waals surface area (Å²) < 4.78 is 7.34. The molecular formula is C20H22N4O2. The number of benzene rings is 1. The average molecular weight is 350 g/mol. The van der Waals surface area contributed by atoms with Crippen molar-refractivity contribution in [3.8, 4) is 0 Å². The molecule has 0 spiro atoms. The fourth-order valence-corrected chi connectivity index (χ4v) is 3.38. The Labute approximate surface area is 152 Å². The molecule has 2 aromatic heterocycles. The molecule has 1 aromatic carbocycles. The Morgan fingerprint density at radius 1 is 1.23 bits per heavy atom. The van der Waals surface area contributed by atoms with Gasteiger partial charge in [-0.2, -0.15) is 5.10 Å². The van der Waals surface area contributed by atoms with Crippen LogP contribution < -0.4 is 10.6 Å². The molecular weight excluding hydrogens is 328 g/mol. The SMILES string of the molecule is O=C(NCc1cnn(Cc2ccccc2)c1)NC1CCCc2occc21. The van der Waals surface area contributed by atoms with Crippen LogP contribution in [-0.4, -0.2) is 15.8 Å². The molecule has 2 N–H and O–H groups in total. The Morgan fingerprint density at radius 3 is 3.00 bits per heavy atom. The molecule has 0 fully saturated rings. The summed E-state index contributed by atoms with van der Waals surface area (Å²) in [4.78, 5) is 12.2. The van der Waals surface area contributed by atoms with E-state index in [0.29, 0.717) is 6.54 Å². The molecule has 26 heavy (non-hydrogen) atoms. The van der Waals surface area contributed by atoms with Crippen LogP contribution in [0.4, 0.5) is 4.79 Å². The molecule has 4 rings (SSSR count). The quantitative estimate of drug-likeness (QED) is 0.741. The van der Waals surface area contributed by atoms with Crippen LogP contribution >= 0.6 is 0 Å². The van der Waals surface area contributed by atoms with Crippen molar-refractivity contribution >= 4 is 6.03 Å². The van der Waals surface area contributed by atoms with Crippen LogP contribution in [0, 0.1) is 0 Å². The van der Waals surface area contributed by atoms with Crippen LogP contribution in [0.15, 0.2) is 59.5 Å². The van der Waals surface area contributed by atoms with Crippen molar-refractivity contribution in [2.24, 2.45) is 0 Å². The van der Waals surface area contributed by atoms with Crippen molar-refractivity contribution in [3.05, 3.63) is 77.5 Å². The smallest absolute Gasteiger partial charge is 0.315 e. The Balaban J connectivity index is 1.29. The minimum absolute atomic E-state index is 0.0262. The van der Waals surface area contributed by atoms with E-state index in [0.717, 1.165) is 42.7 Å². The molecule has 1 unspecified atom stereocenters. The van der Waals surface area contributed by atoms with Gasteiger partial charge in [0.05, 0.1) is 25.0 Å². The van der Waals surface area contributed by atoms with Crippen LogP contribution in [0.25, 0.3) is 0 Å². The zero-order valence-electron chi connectivity index (χ0n) is 14.5. The Morgan fingerprint density at radius 2 is 2.12 bits per heavy atom. The molecule has 3 aromatic rings. The monoisotopic (exact) mass is 350 g/mol. The predicted molar refractivity (Wildman–Crippen MR) is 97.5 cm³/mol. The molecule has 1 atom stereocenters. The first-order valence-corrected chi connectivity index (χ1v) is 8.94. The Kier molecular flexibility index (Phi) is 4.73. The van der Waals surface area contributed by atoms with E-state index < -0.39 is 0 Å². The standard InChI is InChI=1S/C20H22N4O2/c25-20(23-18-7-4-8-19-17(18)9-10-26-19)21-11-16-12-22-24(14-16)13-15-5-2-1-3-6-15/h1-3,5-6,9-10,12,14,18H,4,7-8,11,13H2,(H2,21,23,25). The minimum Gasteiger partial charge on any atom is -0.469 e. The average Bonchev–Trinajstić information content (AvgIpc) is 3.31. The van der Waals surface area contributed by atoms with E-state index in [9.17, 15) is 4.79 Å². The molecule has 0 saturated heterocycles. The molecule has 6 nitrogen and oxygen atoms in total. The van der Waals surface area contributed by atoms with E-state index in [1.165, 1.54) is 5.56 Å². The number of fused-ring (bicyclic) bond motifs is 1. The van der Waals surface area contributed by atoms with E-state index in [1.807, 2.05) is 35.1 Å². The van der Waals surface area contributed by atoms with Gasteiger partial charge in [-0.05, 0) is 24.5 Å². The second-order valence-corrected chi connectivity index (χ2v) is 6.60. The van der Waals surface area contributed by atoms with Gasteiger partial charge in [-0.15, -0.1) is 0 Å². The van der Waals surface area contributed by atoms with E-state index in [4.69, 9.17) is 4.42 Å². The third-order valence-corrected chi connectivity index (χ3v) is 4.68. The number of nitrogens with one attached hydrogen (secondary N) is 2. The van der Waals surface area contributed by atoms with Gasteiger partial charge in [0.15, 0.2) is 0 Å². The maximum atomic E-state index is 12.2. The summed E-state index contributed by atoms with van der Waals surface area (Å²) in [7, 11) is 0. The highest BCUT2D eigenvalue weighted by molar-refractivity contribution is 5.74. The van der Waals surface area contributed by atoms with E-state index >= 15 is 0 Å². The van der Waals surface area contributed by atoms with E-state index in [-0.39, 0.29) is 12.1 Å². The lowest BCUT2D eigenvalue weighted by Gasteiger charge is -2.22. The molecule has 0 bridgehead atoms. The van der Waals surface area contributed by atoms with E-state index in [1.54, 1.807) is 12.5 Å². The highest BCUT2D eigenvalue weighted by Crippen LogP contribution is 2.30. The second kappa shape index (κ2) is 7.47. The fraction of sp³-hybridized carbons (Fsp3) is 0.300. The Hall–Kier alpha value is -3.02. The molecule has 0 radical (unpaired) electrons. The summed E-state index contributed by atoms with van der Waals surface area (Å²) in [5.41, 5.74) is 3.27. The Bertz CT molecular complexity index is 869. The number of nitrogens with zero attached hydrogens (tertiary/aromatic N) is 2. The van der Waals surface area contributed by atoms with Gasteiger partial charge in [0.25, 0.3) is 0 Å². The van der Waals surface area contributed by atoms with Crippen LogP contribution in [0.5, 0.6) is 0 Å². The largest absolute Gasteiger partial charge is 0.469 e. The van der Waals surface area contributed by atoms with Crippen molar-refractivity contribution in [1.82, 2.24) is 20.4 Å². The van der Waals surface area contributed by atoms with Crippen molar-refractivity contribution in [1.29, 1.82) is 0 Å². The summed E-state index contributed by atoms with van der Waals surface area (Å²) in [6.07, 6.45) is 8.36. The number of hydrogen-bond acceptors (Lipinski definition) is 3. The van der Waals surface area contributed by atoms with Gasteiger partial charge in [0.2, 0.25) is 0 Å². The van der Waals surface area contributed by atoms with Gasteiger partial charge >= 0.3 is 6.03 Å². The lowest BCUT2D eigenvalue weighted by molar-refractivity contribution is 0.234. The molecule has 0 aliphatic heterocycles. The zero-order chi connectivity index (χ0) is 17.8. The van der Waals surface area contributed by atoms with Crippen LogP contribution in [0.3, 0.4) is 0 Å². The molecule has 0 saturated carbocycles. The fourth-order valence-electron chi connectivity index (χ4n) is 3.38. The van der Waals surface area contributed by atoms with Crippen LogP contribution in [0.2, 0.25) is 0 Å². The molecule has 134 valence electrons. The van der Waals surface area contributed by atoms with Crippen molar-refractivity contribution in [3.63, 3.8) is 0 Å². The van der Waals surface area contributed by atoms with Crippen molar-refractivity contribution < 1.29 is 9.21 Å². The number of furan rings is 1. The summed E-state index contributed by atoms with van der Waals surface area (Å²) in [5, 5.41) is 10.3. The highest BCUT2D eigenvalue weighted by atomic mass is 16.3. The number of carbonyl (C=O) groups is 1. The van der Waals surface area contributed by atoms with Crippen LogP contribution in [0.1, 0.15) is 41.3 Å². The van der Waals surface area contributed by atoms with Crippen LogP contribution in [-0.2, 0) is 19.5 Å². The number of aromatic nitrogens is 2. The van der Waals surface area contributed by atoms with Gasteiger partial charge in [0.1, 0.15) is 5.76 Å². The van der Waals surface area contributed by atoms with Gasteiger partial charge in [-0.1, -0.05) is 30.3 Å². The van der Waals surface area contributed by atoms with Crippen molar-refractivity contribution in [2.45, 2.75) is 38.4 Å². The number of rotatable bonds is 5. The zero-order valence-corrected chi connectivity index (χ0v) is 14.5. The van der Waals surface area contributed by atoms with Gasteiger partial charge in [-0.3, -0.25) is 4.68 Å². The molecule has 6 heteroatoms. The topological polar surface area (TPSA) is 72.1 Å². The normalized spacial score (nSPS) is 16.1. The van der Waals surface area contributed by atoms with E-state index in [2.05, 4.69) is 27.9 Å². The lowest BCUT2D eigenvalue weighted by atomic mass is 9.93. The molecule has 1 aliphatic rings. The number of aryl methyl sites for hydroxylation is 1. The van der Waals surface area contributed by atoms with Gasteiger partial charge in [0, 0.05) is 30.3 Å². The van der Waals surface area contributed by atoms with Gasteiger partial charge < -0.3 is 15.1 Å². The summed E-state index contributed by atoms with van der Waals surface area (Å²) in [5.74, 6) is 0.990. The van der Waals surface area contributed by atoms with Gasteiger partial charge in [-0.25, -0.2) is 4.79 Å². The third-order valence-electron chi connectivity index (χ3n) is 4.68. The molecule has 2 heterocycles. The molecule has 1 aliphatic carbocycles. The first kappa shape index (κ1) is 16.4. The summed E-state index contributed by atoms with van der Waals surface area (Å²) in [6, 6.07) is 12.0. The summed E-state index contributed by atoms with van der Waals surface area (Å²) >= 11 is 0. The number of amides is 2. The lowest BCUT2D eigenvalue weighted by Crippen LogP contribution is -2.38. The first-order chi connectivity index (χ1) is 12.8. The number of carbonyl (C=O) groups excluding carboxylic acids is 1. The summed E-state index contributed by atoms with van der Waals surface area (Å²) in [6.45, 7) is 1.17.